The van der Waals surface area contributed by atoms with Crippen molar-refractivity contribution >= 4 is 28.9 Å². The van der Waals surface area contributed by atoms with E-state index < -0.39 is 0 Å². The third-order valence-corrected chi connectivity index (χ3v) is 3.46. The van der Waals surface area contributed by atoms with Crippen LogP contribution >= 0.6 is 11.6 Å². The van der Waals surface area contributed by atoms with Crippen LogP contribution in [0.4, 0.5) is 11.4 Å². The van der Waals surface area contributed by atoms with E-state index in [2.05, 4.69) is 5.32 Å². The minimum absolute atomic E-state index is 0.126. The van der Waals surface area contributed by atoms with Gasteiger partial charge in [-0.2, -0.15) is 0 Å². The second-order valence-corrected chi connectivity index (χ2v) is 5.26. The summed E-state index contributed by atoms with van der Waals surface area (Å²) in [5.41, 5.74) is 7.38. The van der Waals surface area contributed by atoms with E-state index in [9.17, 15) is 4.79 Å². The molecule has 1 aromatic rings. The number of rotatable bonds is 3. The number of nitrogens with zero attached hydrogens (tertiary/aromatic N) is 1. The van der Waals surface area contributed by atoms with Crippen LogP contribution in [-0.2, 0) is 9.53 Å². The van der Waals surface area contributed by atoms with Crippen molar-refractivity contribution in [3.8, 4) is 0 Å². The summed E-state index contributed by atoms with van der Waals surface area (Å²) in [4.78, 5) is 13.9. The molecule has 0 aliphatic carbocycles. The Morgan fingerprint density at radius 1 is 1.47 bits per heavy atom. The number of halogens is 1. The van der Waals surface area contributed by atoms with Crippen LogP contribution in [0.1, 0.15) is 0 Å². The molecule has 2 atom stereocenters. The summed E-state index contributed by atoms with van der Waals surface area (Å²) < 4.78 is 5.18. The second-order valence-electron chi connectivity index (χ2n) is 4.86. The summed E-state index contributed by atoms with van der Waals surface area (Å²) in [7, 11) is 3.82. The van der Waals surface area contributed by atoms with Crippen molar-refractivity contribution in [1.29, 1.82) is 0 Å². The zero-order chi connectivity index (χ0) is 14.0. The standard InChI is InChI=1S/C13H18ClN3O2/c1-17(2)12-4-3-8(5-10(12)14)16-13(18)9-6-19-7-11(9)15/h3-5,9,11H,6-7,15H2,1-2H3,(H,16,18). The summed E-state index contributed by atoms with van der Waals surface area (Å²) in [5.74, 6) is -0.425. The molecule has 0 aromatic heterocycles. The predicted molar refractivity (Wildman–Crippen MR) is 76.7 cm³/mol. The van der Waals surface area contributed by atoms with Crippen molar-refractivity contribution in [1.82, 2.24) is 0 Å². The van der Waals surface area contributed by atoms with Gasteiger partial charge in [0.05, 0.1) is 29.8 Å². The van der Waals surface area contributed by atoms with Gasteiger partial charge in [-0.25, -0.2) is 0 Å². The first-order valence-corrected chi connectivity index (χ1v) is 6.48. The number of nitrogens with two attached hydrogens (primary N) is 1. The van der Waals surface area contributed by atoms with Gasteiger partial charge in [0.25, 0.3) is 0 Å². The van der Waals surface area contributed by atoms with Gasteiger partial charge in [-0.15, -0.1) is 0 Å². The lowest BCUT2D eigenvalue weighted by atomic mass is 10.0. The van der Waals surface area contributed by atoms with E-state index in [-0.39, 0.29) is 17.9 Å². The van der Waals surface area contributed by atoms with E-state index in [1.165, 1.54) is 0 Å². The molecule has 6 heteroatoms. The molecule has 2 rings (SSSR count). The van der Waals surface area contributed by atoms with E-state index >= 15 is 0 Å². The molecular weight excluding hydrogens is 266 g/mol. The van der Waals surface area contributed by atoms with Gasteiger partial charge in [0.15, 0.2) is 0 Å². The van der Waals surface area contributed by atoms with Gasteiger partial charge < -0.3 is 20.7 Å². The summed E-state index contributed by atoms with van der Waals surface area (Å²) in [6, 6.07) is 5.18. The maximum Gasteiger partial charge on any atom is 0.231 e. The van der Waals surface area contributed by atoms with Gasteiger partial charge in [0.2, 0.25) is 5.91 Å². The average Bonchev–Trinajstić information content (AvgIpc) is 2.75. The normalized spacial score (nSPS) is 22.3. The number of hydrogen-bond acceptors (Lipinski definition) is 4. The fourth-order valence-corrected chi connectivity index (χ4v) is 2.37. The third kappa shape index (κ3) is 3.18. The monoisotopic (exact) mass is 283 g/mol. The zero-order valence-electron chi connectivity index (χ0n) is 11.0. The van der Waals surface area contributed by atoms with E-state index in [1.807, 2.05) is 31.1 Å². The Morgan fingerprint density at radius 2 is 2.21 bits per heavy atom. The van der Waals surface area contributed by atoms with Crippen LogP contribution in [-0.4, -0.2) is 39.3 Å². The number of benzene rings is 1. The van der Waals surface area contributed by atoms with Crippen molar-refractivity contribution < 1.29 is 9.53 Å². The quantitative estimate of drug-likeness (QED) is 0.878. The van der Waals surface area contributed by atoms with Crippen molar-refractivity contribution in [2.75, 3.05) is 37.5 Å². The third-order valence-electron chi connectivity index (χ3n) is 3.16. The molecule has 0 bridgehead atoms. The molecule has 104 valence electrons. The molecule has 3 N–H and O–H groups in total. The Labute approximate surface area is 117 Å². The fraction of sp³-hybridized carbons (Fsp3) is 0.462. The van der Waals surface area contributed by atoms with Crippen molar-refractivity contribution in [2.24, 2.45) is 11.7 Å². The molecule has 1 aliphatic heterocycles. The number of nitrogens with one attached hydrogen (secondary N) is 1. The van der Waals surface area contributed by atoms with Gasteiger partial charge in [-0.3, -0.25) is 4.79 Å². The lowest BCUT2D eigenvalue weighted by Gasteiger charge is -2.17. The molecule has 1 amide bonds. The predicted octanol–water partition coefficient (Wildman–Crippen LogP) is 1.32. The highest BCUT2D eigenvalue weighted by Gasteiger charge is 2.31. The highest BCUT2D eigenvalue weighted by atomic mass is 35.5. The van der Waals surface area contributed by atoms with Crippen LogP contribution in [0.25, 0.3) is 0 Å². The van der Waals surface area contributed by atoms with Crippen molar-refractivity contribution in [3.63, 3.8) is 0 Å². The minimum Gasteiger partial charge on any atom is -0.379 e. The Kier molecular flexibility index (Phi) is 4.29. The van der Waals surface area contributed by atoms with Crippen LogP contribution in [0.2, 0.25) is 5.02 Å². The number of carbonyl (C=O) groups is 1. The second kappa shape index (κ2) is 5.77. The fourth-order valence-electron chi connectivity index (χ4n) is 2.02. The topological polar surface area (TPSA) is 67.6 Å². The molecule has 1 saturated heterocycles. The first-order valence-electron chi connectivity index (χ1n) is 6.10. The maximum atomic E-state index is 12.0. The molecule has 1 aliphatic rings. The summed E-state index contributed by atoms with van der Waals surface area (Å²) in [5, 5.41) is 3.41. The molecule has 1 heterocycles. The lowest BCUT2D eigenvalue weighted by Crippen LogP contribution is -2.37. The van der Waals surface area contributed by atoms with Gasteiger partial charge in [0, 0.05) is 25.8 Å². The molecule has 19 heavy (non-hydrogen) atoms. The maximum absolute atomic E-state index is 12.0. The Hall–Kier alpha value is -1.30. The van der Waals surface area contributed by atoms with E-state index in [0.717, 1.165) is 5.69 Å². The summed E-state index contributed by atoms with van der Waals surface area (Å²) in [6.45, 7) is 0.801. The van der Waals surface area contributed by atoms with Crippen LogP contribution in [0, 0.1) is 5.92 Å². The number of ether oxygens (including phenoxy) is 1. The van der Waals surface area contributed by atoms with Crippen molar-refractivity contribution in [3.05, 3.63) is 23.2 Å². The molecule has 0 radical (unpaired) electrons. The first-order chi connectivity index (χ1) is 8.99. The summed E-state index contributed by atoms with van der Waals surface area (Å²) >= 11 is 6.15. The van der Waals surface area contributed by atoms with Crippen LogP contribution in [0.3, 0.4) is 0 Å². The highest BCUT2D eigenvalue weighted by Crippen LogP contribution is 2.27. The molecule has 2 unspecified atom stereocenters. The van der Waals surface area contributed by atoms with E-state index in [0.29, 0.717) is 23.9 Å². The number of carbonyl (C=O) groups excluding carboxylic acids is 1. The highest BCUT2D eigenvalue weighted by molar-refractivity contribution is 6.33. The van der Waals surface area contributed by atoms with Gasteiger partial charge >= 0.3 is 0 Å². The SMILES string of the molecule is CN(C)c1ccc(NC(=O)C2COCC2N)cc1Cl. The Bertz CT molecular complexity index is 479. The smallest absolute Gasteiger partial charge is 0.231 e. The lowest BCUT2D eigenvalue weighted by molar-refractivity contribution is -0.120. The van der Waals surface area contributed by atoms with E-state index in [1.54, 1.807) is 6.07 Å². The molecular formula is C13H18ClN3O2. The zero-order valence-corrected chi connectivity index (χ0v) is 11.8. The van der Waals surface area contributed by atoms with Gasteiger partial charge in [-0.05, 0) is 18.2 Å². The molecule has 0 spiro atoms. The van der Waals surface area contributed by atoms with Crippen LogP contribution in [0.5, 0.6) is 0 Å². The molecule has 5 nitrogen and oxygen atoms in total. The Morgan fingerprint density at radius 3 is 2.74 bits per heavy atom. The van der Waals surface area contributed by atoms with Crippen LogP contribution < -0.4 is 16.0 Å². The first kappa shape index (κ1) is 14.1. The van der Waals surface area contributed by atoms with Crippen LogP contribution in [0.15, 0.2) is 18.2 Å². The van der Waals surface area contributed by atoms with Crippen molar-refractivity contribution in [2.45, 2.75) is 6.04 Å². The Balaban J connectivity index is 2.07. The molecule has 1 fully saturated rings. The average molecular weight is 284 g/mol. The van der Waals surface area contributed by atoms with Gasteiger partial charge in [0.1, 0.15) is 0 Å². The number of amides is 1. The number of hydrogen-bond donors (Lipinski definition) is 2. The minimum atomic E-state index is -0.299. The largest absolute Gasteiger partial charge is 0.379 e. The van der Waals surface area contributed by atoms with E-state index in [4.69, 9.17) is 22.1 Å². The molecule has 1 aromatic carbocycles. The summed E-state index contributed by atoms with van der Waals surface area (Å²) in [6.07, 6.45) is 0. The molecule has 0 saturated carbocycles. The number of anilines is 2. The van der Waals surface area contributed by atoms with Gasteiger partial charge in [-0.1, -0.05) is 11.6 Å².